The molecular formula is C6H16N6. The first-order chi connectivity index (χ1) is 5.46. The summed E-state index contributed by atoms with van der Waals surface area (Å²) < 4.78 is 0. The van der Waals surface area contributed by atoms with Gasteiger partial charge in [0.25, 0.3) is 0 Å². The molecule has 0 aromatic heterocycles. The molecule has 0 aliphatic heterocycles. The largest absolute Gasteiger partial charge is 0.399 e. The van der Waals surface area contributed by atoms with Gasteiger partial charge in [-0.05, 0) is 0 Å². The van der Waals surface area contributed by atoms with Gasteiger partial charge in [0.05, 0.1) is 12.1 Å². The highest BCUT2D eigenvalue weighted by molar-refractivity contribution is 5.28. The van der Waals surface area contributed by atoms with Crippen LogP contribution >= 0.6 is 0 Å². The second kappa shape index (κ2) is 2.91. The third-order valence-corrected chi connectivity index (χ3v) is 2.33. The van der Waals surface area contributed by atoms with E-state index in [9.17, 15) is 0 Å². The third-order valence-electron chi connectivity index (χ3n) is 2.33. The number of hydrogen-bond acceptors (Lipinski definition) is 6. The quantitative estimate of drug-likeness (QED) is 0.222. The number of hydrogen-bond donors (Lipinski definition) is 6. The summed E-state index contributed by atoms with van der Waals surface area (Å²) in [7, 11) is 0. The summed E-state index contributed by atoms with van der Waals surface area (Å²) in [6, 6.07) is -1.82. The lowest BCUT2D eigenvalue weighted by atomic mass is 9.85. The summed E-state index contributed by atoms with van der Waals surface area (Å²) in [5.41, 5.74) is 34.5. The van der Waals surface area contributed by atoms with Gasteiger partial charge < -0.3 is 34.4 Å². The van der Waals surface area contributed by atoms with Crippen LogP contribution in [0.3, 0.4) is 0 Å². The van der Waals surface area contributed by atoms with Crippen molar-refractivity contribution in [3.63, 3.8) is 0 Å². The van der Waals surface area contributed by atoms with E-state index >= 15 is 0 Å². The van der Waals surface area contributed by atoms with Gasteiger partial charge in [0.2, 0.25) is 0 Å². The van der Waals surface area contributed by atoms with E-state index < -0.39 is 24.2 Å². The molecule has 0 amide bonds. The van der Waals surface area contributed by atoms with E-state index in [4.69, 9.17) is 34.4 Å². The molecule has 1 aliphatic rings. The van der Waals surface area contributed by atoms with Crippen LogP contribution in [-0.2, 0) is 0 Å². The molecule has 0 aromatic rings. The highest BCUT2D eigenvalue weighted by atomic mass is 15.0. The van der Waals surface area contributed by atoms with E-state index in [2.05, 4.69) is 0 Å². The maximum atomic E-state index is 5.67. The fourth-order valence-corrected chi connectivity index (χ4v) is 1.28. The second-order valence-electron chi connectivity index (χ2n) is 3.12. The summed E-state index contributed by atoms with van der Waals surface area (Å²) in [6.07, 6.45) is 0. The molecule has 12 N–H and O–H groups in total. The zero-order valence-electron chi connectivity index (χ0n) is 6.77. The lowest BCUT2D eigenvalue weighted by Gasteiger charge is -2.36. The van der Waals surface area contributed by atoms with Crippen molar-refractivity contribution in [2.75, 3.05) is 0 Å². The zero-order valence-corrected chi connectivity index (χ0v) is 6.77. The molecule has 1 rings (SSSR count). The van der Waals surface area contributed by atoms with Gasteiger partial charge in [0.1, 0.15) is 0 Å². The molecule has 4 atom stereocenters. The molecule has 1 aliphatic carbocycles. The molecule has 0 saturated heterocycles. The molecule has 0 aromatic carbocycles. The van der Waals surface area contributed by atoms with Gasteiger partial charge in [0.15, 0.2) is 0 Å². The van der Waals surface area contributed by atoms with Crippen LogP contribution in [-0.4, -0.2) is 24.2 Å². The van der Waals surface area contributed by atoms with Crippen LogP contribution in [0.2, 0.25) is 0 Å². The average Bonchev–Trinajstić information content (AvgIpc) is 2.08. The maximum absolute atomic E-state index is 5.67. The normalized spacial score (nSPS) is 43.3. The Balaban J connectivity index is 3.00. The number of rotatable bonds is 0. The smallest absolute Gasteiger partial charge is 0.0630 e. The van der Waals surface area contributed by atoms with Crippen molar-refractivity contribution in [1.29, 1.82) is 0 Å². The van der Waals surface area contributed by atoms with E-state index in [1.807, 2.05) is 0 Å². The molecule has 0 heterocycles. The summed E-state index contributed by atoms with van der Waals surface area (Å²) >= 11 is 0. The molecule has 0 bridgehead atoms. The SMILES string of the molecule is NC1=C(N)C(N)C(N)C(N)C1N. The Bertz CT molecular complexity index is 190. The van der Waals surface area contributed by atoms with Gasteiger partial charge in [-0.3, -0.25) is 0 Å². The minimum Gasteiger partial charge on any atom is -0.399 e. The van der Waals surface area contributed by atoms with Crippen LogP contribution in [0.4, 0.5) is 0 Å². The Morgan fingerprint density at radius 2 is 0.917 bits per heavy atom. The Morgan fingerprint density at radius 3 is 1.17 bits per heavy atom. The molecule has 70 valence electrons. The Morgan fingerprint density at radius 1 is 0.667 bits per heavy atom. The fourth-order valence-electron chi connectivity index (χ4n) is 1.28. The highest BCUT2D eigenvalue weighted by Crippen LogP contribution is 2.14. The molecule has 6 nitrogen and oxygen atoms in total. The summed E-state index contributed by atoms with van der Waals surface area (Å²) in [6.45, 7) is 0. The molecule has 0 spiro atoms. The molecular weight excluding hydrogens is 156 g/mol. The van der Waals surface area contributed by atoms with Crippen LogP contribution in [0.25, 0.3) is 0 Å². The van der Waals surface area contributed by atoms with Gasteiger partial charge in [-0.2, -0.15) is 0 Å². The molecule has 0 radical (unpaired) electrons. The highest BCUT2D eigenvalue weighted by Gasteiger charge is 2.35. The van der Waals surface area contributed by atoms with Gasteiger partial charge in [-0.15, -0.1) is 0 Å². The number of nitrogens with two attached hydrogens (primary N) is 6. The second-order valence-corrected chi connectivity index (χ2v) is 3.12. The Hall–Kier alpha value is -0.820. The molecule has 0 fully saturated rings. The van der Waals surface area contributed by atoms with Crippen molar-refractivity contribution in [2.24, 2.45) is 34.4 Å². The van der Waals surface area contributed by atoms with Gasteiger partial charge in [0, 0.05) is 23.5 Å². The van der Waals surface area contributed by atoms with E-state index in [0.29, 0.717) is 11.4 Å². The Labute approximate surface area is 70.9 Å². The van der Waals surface area contributed by atoms with E-state index in [1.54, 1.807) is 0 Å². The van der Waals surface area contributed by atoms with Crippen molar-refractivity contribution in [3.8, 4) is 0 Å². The summed E-state index contributed by atoms with van der Waals surface area (Å²) in [5, 5.41) is 0. The summed E-state index contributed by atoms with van der Waals surface area (Å²) in [5.74, 6) is 0. The van der Waals surface area contributed by atoms with Gasteiger partial charge in [-0.25, -0.2) is 0 Å². The van der Waals surface area contributed by atoms with E-state index in [-0.39, 0.29) is 0 Å². The maximum Gasteiger partial charge on any atom is 0.0630 e. The molecule has 0 saturated carbocycles. The van der Waals surface area contributed by atoms with Gasteiger partial charge >= 0.3 is 0 Å². The molecule has 12 heavy (non-hydrogen) atoms. The van der Waals surface area contributed by atoms with Crippen molar-refractivity contribution in [1.82, 2.24) is 0 Å². The topological polar surface area (TPSA) is 156 Å². The first-order valence-electron chi connectivity index (χ1n) is 3.74. The fraction of sp³-hybridized carbons (Fsp3) is 0.667. The first kappa shape index (κ1) is 9.27. The first-order valence-corrected chi connectivity index (χ1v) is 3.74. The predicted octanol–water partition coefficient (Wildman–Crippen LogP) is -3.56. The zero-order chi connectivity index (χ0) is 9.46. The lowest BCUT2D eigenvalue weighted by Crippen LogP contribution is -2.66. The van der Waals surface area contributed by atoms with Crippen LogP contribution in [0.1, 0.15) is 0 Å². The summed E-state index contributed by atoms with van der Waals surface area (Å²) in [4.78, 5) is 0. The minimum absolute atomic E-state index is 0.358. The standard InChI is InChI=1S/C6H16N6/c7-1-2(8)4(10)6(12)5(11)3(1)9/h1-4H,7-12H2. The average molecular weight is 172 g/mol. The van der Waals surface area contributed by atoms with E-state index in [1.165, 1.54) is 0 Å². The van der Waals surface area contributed by atoms with Crippen molar-refractivity contribution in [3.05, 3.63) is 11.4 Å². The molecule has 6 heteroatoms. The third kappa shape index (κ3) is 1.14. The van der Waals surface area contributed by atoms with Crippen LogP contribution in [0.5, 0.6) is 0 Å². The van der Waals surface area contributed by atoms with Crippen LogP contribution < -0.4 is 34.4 Å². The lowest BCUT2D eigenvalue weighted by molar-refractivity contribution is 0.401. The van der Waals surface area contributed by atoms with Gasteiger partial charge in [-0.1, -0.05) is 0 Å². The van der Waals surface area contributed by atoms with Crippen molar-refractivity contribution < 1.29 is 0 Å². The molecule has 4 unspecified atom stereocenters. The minimum atomic E-state index is -0.486. The van der Waals surface area contributed by atoms with Crippen LogP contribution in [0, 0.1) is 0 Å². The van der Waals surface area contributed by atoms with Crippen molar-refractivity contribution >= 4 is 0 Å². The van der Waals surface area contributed by atoms with E-state index in [0.717, 1.165) is 0 Å². The Kier molecular flexibility index (Phi) is 2.25. The van der Waals surface area contributed by atoms with Crippen molar-refractivity contribution in [2.45, 2.75) is 24.2 Å². The predicted molar refractivity (Wildman–Crippen MR) is 47.3 cm³/mol. The monoisotopic (exact) mass is 172 g/mol. The van der Waals surface area contributed by atoms with Crippen LogP contribution in [0.15, 0.2) is 11.4 Å².